The molecule has 1 aromatic carbocycles. The molecule has 1 heterocycles. The lowest BCUT2D eigenvalue weighted by molar-refractivity contribution is 0.103. The van der Waals surface area contributed by atoms with Crippen LogP contribution in [0.1, 0.15) is 46.4 Å². The predicted molar refractivity (Wildman–Crippen MR) is 78.8 cm³/mol. The van der Waals surface area contributed by atoms with Crippen molar-refractivity contribution in [3.63, 3.8) is 0 Å². The van der Waals surface area contributed by atoms with Crippen LogP contribution in [0.15, 0.2) is 29.6 Å². The van der Waals surface area contributed by atoms with E-state index in [1.165, 1.54) is 16.9 Å². The maximum Gasteiger partial charge on any atom is 0.212 e. The minimum Gasteiger partial charge on any atom is -0.330 e. The van der Waals surface area contributed by atoms with Gasteiger partial charge in [0, 0.05) is 17.4 Å². The van der Waals surface area contributed by atoms with E-state index in [0.717, 1.165) is 11.4 Å². The zero-order chi connectivity index (χ0) is 13.8. The van der Waals surface area contributed by atoms with Gasteiger partial charge >= 0.3 is 0 Å². The van der Waals surface area contributed by atoms with Gasteiger partial charge in [-0.2, -0.15) is 0 Å². The number of carbonyl (C=O) groups excluding carboxylic acids is 1. The molecule has 100 valence electrons. The van der Waals surface area contributed by atoms with Crippen molar-refractivity contribution in [3.05, 3.63) is 51.5 Å². The maximum atomic E-state index is 12.3. The van der Waals surface area contributed by atoms with Crippen molar-refractivity contribution in [2.45, 2.75) is 26.2 Å². The normalized spacial score (nSPS) is 10.9. The molecule has 0 bridgehead atoms. The fourth-order valence-corrected chi connectivity index (χ4v) is 2.61. The molecular weight excluding hydrogens is 256 g/mol. The molecule has 0 aliphatic rings. The Kier molecular flexibility index (Phi) is 4.45. The lowest BCUT2D eigenvalue weighted by atomic mass is 10.00. The second kappa shape index (κ2) is 6.08. The summed E-state index contributed by atoms with van der Waals surface area (Å²) in [7, 11) is 0. The Balaban J connectivity index is 2.18. The van der Waals surface area contributed by atoms with Crippen LogP contribution in [0.5, 0.6) is 0 Å². The van der Waals surface area contributed by atoms with Crippen molar-refractivity contribution < 1.29 is 4.79 Å². The smallest absolute Gasteiger partial charge is 0.212 e. The molecule has 0 saturated carbocycles. The van der Waals surface area contributed by atoms with E-state index < -0.39 is 0 Å². The van der Waals surface area contributed by atoms with Gasteiger partial charge in [-0.25, -0.2) is 4.98 Å². The van der Waals surface area contributed by atoms with Gasteiger partial charge in [0.1, 0.15) is 5.69 Å². The number of ketones is 1. The van der Waals surface area contributed by atoms with Crippen LogP contribution in [0, 0.1) is 0 Å². The van der Waals surface area contributed by atoms with Crippen LogP contribution in [0.2, 0.25) is 0 Å². The first kappa shape index (κ1) is 13.9. The number of carbonyl (C=O) groups is 1. The molecule has 19 heavy (non-hydrogen) atoms. The molecule has 0 unspecified atom stereocenters. The van der Waals surface area contributed by atoms with Gasteiger partial charge in [0.2, 0.25) is 5.78 Å². The van der Waals surface area contributed by atoms with E-state index in [4.69, 9.17) is 5.73 Å². The molecule has 0 fully saturated rings. The first-order valence-electron chi connectivity index (χ1n) is 6.41. The third-order valence-corrected chi connectivity index (χ3v) is 3.89. The zero-order valence-corrected chi connectivity index (χ0v) is 12.0. The van der Waals surface area contributed by atoms with Crippen LogP contribution in [0.25, 0.3) is 0 Å². The van der Waals surface area contributed by atoms with Crippen LogP contribution in [0.3, 0.4) is 0 Å². The molecule has 0 spiro atoms. The summed E-state index contributed by atoms with van der Waals surface area (Å²) in [4.78, 5) is 16.6. The summed E-state index contributed by atoms with van der Waals surface area (Å²) in [6.45, 7) is 4.83. The number of aromatic nitrogens is 1. The van der Waals surface area contributed by atoms with Gasteiger partial charge in [-0.05, 0) is 18.0 Å². The molecule has 0 atom stereocenters. The first-order chi connectivity index (χ1) is 9.11. The average Bonchev–Trinajstić information content (AvgIpc) is 2.87. The van der Waals surface area contributed by atoms with Crippen molar-refractivity contribution in [1.82, 2.24) is 4.98 Å². The highest BCUT2D eigenvalue weighted by Gasteiger charge is 2.13. The molecule has 0 aliphatic heterocycles. The number of benzene rings is 1. The highest BCUT2D eigenvalue weighted by Crippen LogP contribution is 2.18. The summed E-state index contributed by atoms with van der Waals surface area (Å²) in [5.74, 6) is 0.453. The molecule has 3 nitrogen and oxygen atoms in total. The minimum atomic E-state index is -0.0187. The van der Waals surface area contributed by atoms with Crippen molar-refractivity contribution in [2.75, 3.05) is 6.54 Å². The Labute approximate surface area is 117 Å². The Morgan fingerprint density at radius 3 is 2.58 bits per heavy atom. The van der Waals surface area contributed by atoms with Gasteiger partial charge in [-0.1, -0.05) is 38.1 Å². The van der Waals surface area contributed by atoms with Crippen LogP contribution in [-0.4, -0.2) is 17.3 Å². The topological polar surface area (TPSA) is 56.0 Å². The largest absolute Gasteiger partial charge is 0.330 e. The number of thiazole rings is 1. The second-order valence-electron chi connectivity index (χ2n) is 4.77. The van der Waals surface area contributed by atoms with Crippen molar-refractivity contribution >= 4 is 17.1 Å². The van der Waals surface area contributed by atoms with E-state index >= 15 is 0 Å². The second-order valence-corrected chi connectivity index (χ2v) is 5.71. The van der Waals surface area contributed by atoms with Gasteiger partial charge < -0.3 is 5.73 Å². The molecule has 2 rings (SSSR count). The van der Waals surface area contributed by atoms with E-state index in [-0.39, 0.29) is 5.78 Å². The fourth-order valence-electron chi connectivity index (χ4n) is 1.82. The van der Waals surface area contributed by atoms with Gasteiger partial charge in [0.25, 0.3) is 0 Å². The summed E-state index contributed by atoms with van der Waals surface area (Å²) in [6, 6.07) is 7.76. The van der Waals surface area contributed by atoms with Crippen molar-refractivity contribution in [2.24, 2.45) is 5.73 Å². The number of hydrogen-bond acceptors (Lipinski definition) is 4. The molecule has 4 heteroatoms. The van der Waals surface area contributed by atoms with Crippen LogP contribution in [-0.2, 0) is 6.42 Å². The monoisotopic (exact) mass is 274 g/mol. The lowest BCUT2D eigenvalue weighted by Crippen LogP contribution is -2.05. The van der Waals surface area contributed by atoms with Crippen LogP contribution >= 0.6 is 11.3 Å². The molecule has 0 saturated heterocycles. The van der Waals surface area contributed by atoms with Gasteiger partial charge in [0.15, 0.2) is 0 Å². The fraction of sp³-hybridized carbons (Fsp3) is 0.333. The van der Waals surface area contributed by atoms with Gasteiger partial charge in [-0.15, -0.1) is 11.3 Å². The minimum absolute atomic E-state index is 0.0187. The lowest BCUT2D eigenvalue weighted by Gasteiger charge is -2.05. The highest BCUT2D eigenvalue weighted by molar-refractivity contribution is 7.09. The Hall–Kier alpha value is -1.52. The third-order valence-electron chi connectivity index (χ3n) is 2.98. The van der Waals surface area contributed by atoms with Crippen molar-refractivity contribution in [1.29, 1.82) is 0 Å². The van der Waals surface area contributed by atoms with Crippen LogP contribution in [0.4, 0.5) is 0 Å². The van der Waals surface area contributed by atoms with Gasteiger partial charge in [0.05, 0.1) is 5.01 Å². The quantitative estimate of drug-likeness (QED) is 0.853. The third kappa shape index (κ3) is 3.28. The molecular formula is C15H18N2OS. The van der Waals surface area contributed by atoms with E-state index in [9.17, 15) is 4.79 Å². The Morgan fingerprint density at radius 2 is 2.00 bits per heavy atom. The van der Waals surface area contributed by atoms with E-state index in [1.807, 2.05) is 29.6 Å². The molecule has 2 aromatic rings. The van der Waals surface area contributed by atoms with E-state index in [0.29, 0.717) is 23.7 Å². The summed E-state index contributed by atoms with van der Waals surface area (Å²) in [5.41, 5.74) is 7.93. The van der Waals surface area contributed by atoms with E-state index in [2.05, 4.69) is 18.8 Å². The number of nitrogens with two attached hydrogens (primary N) is 1. The summed E-state index contributed by atoms with van der Waals surface area (Å²) in [5, 5.41) is 2.73. The molecule has 1 aromatic heterocycles. The number of hydrogen-bond donors (Lipinski definition) is 1. The number of nitrogens with zero attached hydrogens (tertiary/aromatic N) is 1. The summed E-state index contributed by atoms with van der Waals surface area (Å²) in [6.07, 6.45) is 0.726. The highest BCUT2D eigenvalue weighted by atomic mass is 32.1. The van der Waals surface area contributed by atoms with Crippen molar-refractivity contribution in [3.8, 4) is 0 Å². The SMILES string of the molecule is CC(C)c1ccc(C(=O)c2csc(CCN)n2)cc1. The maximum absolute atomic E-state index is 12.3. The molecule has 0 radical (unpaired) electrons. The first-order valence-corrected chi connectivity index (χ1v) is 7.29. The zero-order valence-electron chi connectivity index (χ0n) is 11.2. The average molecular weight is 274 g/mol. The van der Waals surface area contributed by atoms with E-state index in [1.54, 1.807) is 0 Å². The van der Waals surface area contributed by atoms with Crippen LogP contribution < -0.4 is 5.73 Å². The standard InChI is InChI=1S/C15H18N2OS/c1-10(2)11-3-5-12(6-4-11)15(18)13-9-19-14(17-13)7-8-16/h3-6,9-10H,7-8,16H2,1-2H3. The summed E-state index contributed by atoms with van der Waals surface area (Å²) >= 11 is 1.49. The molecule has 0 aliphatic carbocycles. The number of rotatable bonds is 5. The Bertz CT molecular complexity index is 558. The Morgan fingerprint density at radius 1 is 1.32 bits per heavy atom. The molecule has 2 N–H and O–H groups in total. The summed E-state index contributed by atoms with van der Waals surface area (Å²) < 4.78 is 0. The molecule has 0 amide bonds. The predicted octanol–water partition coefficient (Wildman–Crippen LogP) is 3.00. The van der Waals surface area contributed by atoms with Gasteiger partial charge in [-0.3, -0.25) is 4.79 Å².